The molecule has 126 valence electrons. The molecule has 3 rings (SSSR count). The van der Waals surface area contributed by atoms with Gasteiger partial charge in [-0.05, 0) is 42.7 Å². The molecule has 0 aliphatic carbocycles. The number of ether oxygens (including phenoxy) is 1. The number of fused-ring (bicyclic) bond motifs is 1. The van der Waals surface area contributed by atoms with E-state index in [1.165, 1.54) is 12.1 Å². The van der Waals surface area contributed by atoms with Crippen LogP contribution >= 0.6 is 0 Å². The molecule has 2 N–H and O–H groups in total. The van der Waals surface area contributed by atoms with Crippen LogP contribution in [0.2, 0.25) is 0 Å². The summed E-state index contributed by atoms with van der Waals surface area (Å²) in [5.41, 5.74) is 2.33. The summed E-state index contributed by atoms with van der Waals surface area (Å²) < 4.78 is 28.3. The molecule has 1 aliphatic rings. The predicted octanol–water partition coefficient (Wildman–Crippen LogP) is 2.42. The van der Waals surface area contributed by atoms with Gasteiger partial charge in [-0.15, -0.1) is 0 Å². The Morgan fingerprint density at radius 2 is 1.96 bits per heavy atom. The van der Waals surface area contributed by atoms with Gasteiger partial charge in [0.25, 0.3) is 0 Å². The summed E-state index contributed by atoms with van der Waals surface area (Å²) in [4.78, 5) is 14.0. The van der Waals surface area contributed by atoms with E-state index in [9.17, 15) is 13.2 Å². The Morgan fingerprint density at radius 1 is 1.25 bits per heavy atom. The summed E-state index contributed by atoms with van der Waals surface area (Å²) >= 11 is 0. The number of sulfonamides is 1. The van der Waals surface area contributed by atoms with Crippen molar-refractivity contribution in [2.75, 3.05) is 4.90 Å². The molecule has 0 spiro atoms. The first-order valence-electron chi connectivity index (χ1n) is 7.52. The standard InChI is InChI=1S/C17H18N2O4S/c1-12-9-14-10-15(24(18,21)22)7-8-16(14)19(12)17(20)23-11-13-5-3-2-4-6-13/h2-8,10,12H,9,11H2,1H3,(H2,18,21,22). The van der Waals surface area contributed by atoms with Crippen LogP contribution in [0.5, 0.6) is 0 Å². The van der Waals surface area contributed by atoms with Gasteiger partial charge in [-0.2, -0.15) is 0 Å². The molecule has 1 amide bonds. The third-order valence-corrected chi connectivity index (χ3v) is 4.91. The maximum absolute atomic E-state index is 12.4. The van der Waals surface area contributed by atoms with Crippen LogP contribution in [0.3, 0.4) is 0 Å². The van der Waals surface area contributed by atoms with Gasteiger partial charge in [0.05, 0.1) is 10.6 Å². The van der Waals surface area contributed by atoms with Crippen LogP contribution in [0, 0.1) is 0 Å². The molecule has 7 heteroatoms. The SMILES string of the molecule is CC1Cc2cc(S(N)(=O)=O)ccc2N1C(=O)OCc1ccccc1. The van der Waals surface area contributed by atoms with Gasteiger partial charge in [-0.1, -0.05) is 30.3 Å². The monoisotopic (exact) mass is 346 g/mol. The maximum atomic E-state index is 12.4. The molecule has 1 aliphatic heterocycles. The molecule has 0 radical (unpaired) electrons. The molecule has 0 saturated heterocycles. The van der Waals surface area contributed by atoms with E-state index in [0.29, 0.717) is 12.1 Å². The third kappa shape index (κ3) is 3.27. The van der Waals surface area contributed by atoms with E-state index in [2.05, 4.69) is 0 Å². The number of carbonyl (C=O) groups is 1. The van der Waals surface area contributed by atoms with Crippen LogP contribution in [-0.2, 0) is 27.8 Å². The average molecular weight is 346 g/mol. The van der Waals surface area contributed by atoms with E-state index in [-0.39, 0.29) is 17.5 Å². The minimum Gasteiger partial charge on any atom is -0.444 e. The second kappa shape index (κ2) is 6.26. The molecule has 24 heavy (non-hydrogen) atoms. The van der Waals surface area contributed by atoms with Crippen molar-refractivity contribution in [2.24, 2.45) is 5.14 Å². The van der Waals surface area contributed by atoms with E-state index < -0.39 is 16.1 Å². The number of primary sulfonamides is 1. The lowest BCUT2D eigenvalue weighted by Crippen LogP contribution is -2.36. The van der Waals surface area contributed by atoms with Gasteiger partial charge in [-0.3, -0.25) is 4.90 Å². The molecule has 2 aromatic rings. The van der Waals surface area contributed by atoms with E-state index >= 15 is 0 Å². The first kappa shape index (κ1) is 16.5. The van der Waals surface area contributed by atoms with Crippen LogP contribution in [0.25, 0.3) is 0 Å². The fraction of sp³-hybridized carbons (Fsp3) is 0.235. The topological polar surface area (TPSA) is 89.7 Å². The van der Waals surface area contributed by atoms with Crippen molar-refractivity contribution < 1.29 is 17.9 Å². The van der Waals surface area contributed by atoms with Gasteiger partial charge in [-0.25, -0.2) is 18.4 Å². The summed E-state index contributed by atoms with van der Waals surface area (Å²) in [6.45, 7) is 2.08. The number of benzene rings is 2. The molecule has 0 saturated carbocycles. The van der Waals surface area contributed by atoms with Gasteiger partial charge in [0, 0.05) is 6.04 Å². The molecular weight excluding hydrogens is 328 g/mol. The highest BCUT2D eigenvalue weighted by Gasteiger charge is 2.32. The van der Waals surface area contributed by atoms with Crippen molar-refractivity contribution >= 4 is 21.8 Å². The molecule has 1 unspecified atom stereocenters. The van der Waals surface area contributed by atoms with Crippen molar-refractivity contribution in [2.45, 2.75) is 30.9 Å². The van der Waals surface area contributed by atoms with Crippen LogP contribution in [0.15, 0.2) is 53.4 Å². The van der Waals surface area contributed by atoms with Gasteiger partial charge in [0.1, 0.15) is 6.61 Å². The lowest BCUT2D eigenvalue weighted by Gasteiger charge is -2.22. The molecule has 1 heterocycles. The number of rotatable bonds is 3. The quantitative estimate of drug-likeness (QED) is 0.924. The smallest absolute Gasteiger partial charge is 0.414 e. The Kier molecular flexibility index (Phi) is 4.29. The van der Waals surface area contributed by atoms with E-state index in [1.54, 1.807) is 11.0 Å². The minimum atomic E-state index is -3.76. The molecule has 2 aromatic carbocycles. The Hall–Kier alpha value is -2.38. The highest BCUT2D eigenvalue weighted by molar-refractivity contribution is 7.89. The van der Waals surface area contributed by atoms with Crippen molar-refractivity contribution in [1.29, 1.82) is 0 Å². The number of nitrogens with zero attached hydrogens (tertiary/aromatic N) is 1. The highest BCUT2D eigenvalue weighted by Crippen LogP contribution is 2.34. The molecule has 0 aromatic heterocycles. The number of hydrogen-bond donors (Lipinski definition) is 1. The second-order valence-corrected chi connectivity index (χ2v) is 7.36. The number of anilines is 1. The first-order valence-corrected chi connectivity index (χ1v) is 9.06. The summed E-state index contributed by atoms with van der Waals surface area (Å²) in [6.07, 6.45) is 0.104. The zero-order chi connectivity index (χ0) is 17.3. The average Bonchev–Trinajstić information content (AvgIpc) is 2.87. The van der Waals surface area contributed by atoms with Gasteiger partial charge in [0.15, 0.2) is 0 Å². The van der Waals surface area contributed by atoms with Crippen molar-refractivity contribution in [1.82, 2.24) is 0 Å². The van der Waals surface area contributed by atoms with Crippen molar-refractivity contribution in [3.8, 4) is 0 Å². The maximum Gasteiger partial charge on any atom is 0.414 e. The molecule has 0 bridgehead atoms. The molecule has 0 fully saturated rings. The Labute approximate surface area is 140 Å². The summed E-state index contributed by atoms with van der Waals surface area (Å²) in [5, 5.41) is 5.16. The van der Waals surface area contributed by atoms with Crippen LogP contribution in [0.4, 0.5) is 10.5 Å². The normalized spacial score (nSPS) is 16.8. The van der Waals surface area contributed by atoms with Crippen LogP contribution in [-0.4, -0.2) is 20.6 Å². The lowest BCUT2D eigenvalue weighted by molar-refractivity contribution is 0.145. The molecular formula is C17H18N2O4S. The fourth-order valence-corrected chi connectivity index (χ4v) is 3.42. The Balaban J connectivity index is 1.79. The predicted molar refractivity (Wildman–Crippen MR) is 90.1 cm³/mol. The zero-order valence-corrected chi connectivity index (χ0v) is 14.0. The summed E-state index contributed by atoms with van der Waals surface area (Å²) in [6, 6.07) is 13.8. The van der Waals surface area contributed by atoms with Gasteiger partial charge < -0.3 is 4.74 Å². The van der Waals surface area contributed by atoms with Gasteiger partial charge in [0.2, 0.25) is 10.0 Å². The second-order valence-electron chi connectivity index (χ2n) is 5.80. The number of hydrogen-bond acceptors (Lipinski definition) is 4. The molecule has 6 nitrogen and oxygen atoms in total. The van der Waals surface area contributed by atoms with E-state index in [0.717, 1.165) is 11.1 Å². The van der Waals surface area contributed by atoms with E-state index in [4.69, 9.17) is 9.88 Å². The van der Waals surface area contributed by atoms with Crippen LogP contribution < -0.4 is 10.0 Å². The Bertz CT molecular complexity index is 865. The van der Waals surface area contributed by atoms with Crippen molar-refractivity contribution in [3.05, 3.63) is 59.7 Å². The van der Waals surface area contributed by atoms with E-state index in [1.807, 2.05) is 37.3 Å². The highest BCUT2D eigenvalue weighted by atomic mass is 32.2. The summed E-state index contributed by atoms with van der Waals surface area (Å²) in [7, 11) is -3.76. The minimum absolute atomic E-state index is 0.0490. The number of amides is 1. The zero-order valence-electron chi connectivity index (χ0n) is 13.2. The lowest BCUT2D eigenvalue weighted by atomic mass is 10.1. The number of carbonyl (C=O) groups excluding carboxylic acids is 1. The fourth-order valence-electron chi connectivity index (χ4n) is 2.85. The third-order valence-electron chi connectivity index (χ3n) is 4.00. The van der Waals surface area contributed by atoms with Crippen molar-refractivity contribution in [3.63, 3.8) is 0 Å². The molecule has 1 atom stereocenters. The van der Waals surface area contributed by atoms with Crippen LogP contribution in [0.1, 0.15) is 18.1 Å². The van der Waals surface area contributed by atoms with Gasteiger partial charge >= 0.3 is 6.09 Å². The largest absolute Gasteiger partial charge is 0.444 e. The first-order chi connectivity index (χ1) is 11.4. The number of nitrogens with two attached hydrogens (primary N) is 1. The summed E-state index contributed by atoms with van der Waals surface area (Å²) in [5.74, 6) is 0. The Morgan fingerprint density at radius 3 is 2.62 bits per heavy atom.